The number of quaternary nitrogens is 2. The molecule has 0 aliphatic rings. The van der Waals surface area contributed by atoms with Crippen molar-refractivity contribution in [1.82, 2.24) is 0 Å². The maximum atomic E-state index is 12.3. The van der Waals surface area contributed by atoms with Gasteiger partial charge in [0.15, 0.2) is 0 Å². The van der Waals surface area contributed by atoms with Crippen molar-refractivity contribution < 1.29 is 28.8 Å². The van der Waals surface area contributed by atoms with Crippen LogP contribution in [0.25, 0.3) is 43.1 Å². The molecule has 0 aliphatic heterocycles. The van der Waals surface area contributed by atoms with Crippen LogP contribution in [-0.2, 0) is 0 Å². The lowest BCUT2D eigenvalue weighted by atomic mass is 10.1. The van der Waals surface area contributed by atoms with Gasteiger partial charge in [-0.05, 0) is 108 Å². The van der Waals surface area contributed by atoms with Gasteiger partial charge in [0.1, 0.15) is 22.7 Å². The van der Waals surface area contributed by atoms with Crippen LogP contribution in [0.15, 0.2) is 250 Å². The molecule has 0 spiro atoms. The molecular weight excluding hydrogens is 1340 g/mol. The second-order valence-corrected chi connectivity index (χ2v) is 28.0. The Bertz CT molecular complexity index is 4230. The van der Waals surface area contributed by atoms with Gasteiger partial charge in [0.2, 0.25) is 0 Å². The molecule has 0 radical (unpaired) electrons. The predicted octanol–water partition coefficient (Wildman–Crippen LogP) is 20.3. The Morgan fingerprint density at radius 1 is 0.250 bits per heavy atom. The molecule has 0 atom stereocenters. The van der Waals surface area contributed by atoms with Gasteiger partial charge >= 0.3 is 0 Å². The Morgan fingerprint density at radius 2 is 0.426 bits per heavy atom. The fourth-order valence-electron chi connectivity index (χ4n) is 13.6. The lowest BCUT2D eigenvalue weighted by Crippen LogP contribution is -2.50. The third-order valence-electron chi connectivity index (χ3n) is 19.9. The maximum Gasteiger partial charge on any atom is 0.253 e. The largest absolute Gasteiger partial charge is 0.545 e. The van der Waals surface area contributed by atoms with E-state index in [2.05, 4.69) is 76.7 Å². The second kappa shape index (κ2) is 45.2. The smallest absolute Gasteiger partial charge is 0.253 e. The molecule has 0 fully saturated rings. The summed E-state index contributed by atoms with van der Waals surface area (Å²) < 4.78 is 2.84. The number of hydrogen-bond donors (Lipinski definition) is 4. The van der Waals surface area contributed by atoms with E-state index in [0.29, 0.717) is 22.7 Å². The number of carbonyl (C=O) groups excluding carboxylic acids is 2. The summed E-state index contributed by atoms with van der Waals surface area (Å²) in [6.45, 7) is 30.0. The van der Waals surface area contributed by atoms with Crippen LogP contribution >= 0.6 is 0 Å². The molecule has 0 saturated heterocycles. The SMILES string of the molecule is CCCC[N+](CCCC)(CCCC)CCCC.CCCC[N+](CCCC)(CCCC)CCCC.O=C([O-])c1ccccc1.O=C([O-])c1ccccc1.O=c1c(Nc2cccc3ccccc23)c(Nc2cccc3ccccc23)c1=O.O=c1c(Nc2cccc3ccccc23)c(Nc2cccc3ccccc23)c1=O. The Labute approximate surface area is 640 Å². The summed E-state index contributed by atoms with van der Waals surface area (Å²) in [6.07, 6.45) is 22.1. The number of nitrogens with one attached hydrogen (secondary N) is 4. The van der Waals surface area contributed by atoms with Crippen LogP contribution < -0.4 is 53.2 Å². The number of rotatable bonds is 34. The van der Waals surface area contributed by atoms with Crippen LogP contribution in [0.3, 0.4) is 0 Å². The number of aromatic carboxylic acids is 2. The molecule has 0 unspecified atom stereocenters. The minimum absolute atomic E-state index is 0.220. The van der Waals surface area contributed by atoms with Gasteiger partial charge in [0.05, 0.1) is 64.3 Å². The number of nitrogens with zero attached hydrogens (tertiary/aromatic N) is 2. The first-order valence-electron chi connectivity index (χ1n) is 39.4. The van der Waals surface area contributed by atoms with Gasteiger partial charge in [-0.1, -0.05) is 313 Å². The van der Waals surface area contributed by atoms with Crippen LogP contribution in [0.1, 0.15) is 179 Å². The molecule has 4 N–H and O–H groups in total. The minimum atomic E-state index is -1.13. The van der Waals surface area contributed by atoms with Crippen LogP contribution in [-0.4, -0.2) is 73.3 Å². The molecule has 0 aromatic heterocycles. The van der Waals surface area contributed by atoms with E-state index in [1.807, 2.05) is 170 Å². The lowest BCUT2D eigenvalue weighted by molar-refractivity contribution is -0.929. The zero-order valence-electron chi connectivity index (χ0n) is 65.1. The first-order valence-corrected chi connectivity index (χ1v) is 39.4. The fourth-order valence-corrected chi connectivity index (χ4v) is 13.6. The highest BCUT2D eigenvalue weighted by Gasteiger charge is 2.28. The Balaban J connectivity index is 0.000000190. The number of carbonyl (C=O) groups is 2. The molecule has 12 aromatic rings. The van der Waals surface area contributed by atoms with Crippen molar-refractivity contribution in [2.45, 2.75) is 158 Å². The summed E-state index contributed by atoms with van der Waals surface area (Å²) in [4.78, 5) is 69.2. The van der Waals surface area contributed by atoms with Crippen molar-refractivity contribution in [3.05, 3.63) is 283 Å². The number of carboxylic acid groups (broad SMARTS) is 2. The van der Waals surface area contributed by atoms with Crippen molar-refractivity contribution >= 4 is 101 Å². The summed E-state index contributed by atoms with van der Waals surface area (Å²) in [5.41, 5.74) is 2.81. The topological polar surface area (TPSA) is 197 Å². The molecule has 12 aromatic carbocycles. The highest BCUT2D eigenvalue weighted by molar-refractivity contribution is 6.02. The van der Waals surface area contributed by atoms with Crippen LogP contribution in [0.4, 0.5) is 45.5 Å². The number of unbranched alkanes of at least 4 members (excludes halogenated alkanes) is 8. The van der Waals surface area contributed by atoms with Gasteiger partial charge in [-0.2, -0.15) is 0 Å². The zero-order chi connectivity index (χ0) is 77.5. The van der Waals surface area contributed by atoms with E-state index in [9.17, 15) is 39.0 Å². The molecule has 568 valence electrons. The molecule has 14 heteroatoms. The van der Waals surface area contributed by atoms with E-state index in [-0.39, 0.29) is 11.1 Å². The number of carboxylic acids is 2. The van der Waals surface area contributed by atoms with Crippen LogP contribution in [0.5, 0.6) is 0 Å². The quantitative estimate of drug-likeness (QED) is 0.0220. The van der Waals surface area contributed by atoms with Crippen molar-refractivity contribution in [3.63, 3.8) is 0 Å². The molecule has 0 bridgehead atoms. The summed E-state index contributed by atoms with van der Waals surface area (Å²) in [5, 5.41) is 41.1. The van der Waals surface area contributed by atoms with Gasteiger partial charge in [-0.25, -0.2) is 0 Å². The van der Waals surface area contributed by atoms with Crippen LogP contribution in [0, 0.1) is 0 Å². The number of fused-ring (bicyclic) bond motifs is 4. The number of benzene rings is 10. The molecule has 12 rings (SSSR count). The first kappa shape index (κ1) is 84.7. The molecular formula is C94H114N6O8. The number of anilines is 8. The van der Waals surface area contributed by atoms with E-state index in [1.54, 1.807) is 36.4 Å². The minimum Gasteiger partial charge on any atom is -0.545 e. The van der Waals surface area contributed by atoms with E-state index in [1.165, 1.54) is 188 Å². The Hall–Kier alpha value is -10.5. The predicted molar refractivity (Wildman–Crippen MR) is 452 cm³/mol. The molecule has 108 heavy (non-hydrogen) atoms. The van der Waals surface area contributed by atoms with E-state index in [0.717, 1.165) is 65.8 Å². The third kappa shape index (κ3) is 24.8. The average Bonchev–Trinajstić information content (AvgIpc) is 0.765. The number of hydrogen-bond acceptors (Lipinski definition) is 12. The van der Waals surface area contributed by atoms with Crippen LogP contribution in [0.2, 0.25) is 0 Å². The monoisotopic (exact) mass is 1450 g/mol. The van der Waals surface area contributed by atoms with Gasteiger partial charge in [0, 0.05) is 44.3 Å². The van der Waals surface area contributed by atoms with Gasteiger partial charge < -0.3 is 50.0 Å². The standard InChI is InChI=1S/2C24H16N2O2.2C16H36N.2C7H6O2/c2*27-23-21(25-19-13-5-9-15-7-1-3-11-17(15)19)22(24(23)28)26-20-14-6-10-16-8-2-4-12-18(16)20;2*1-5-9-13-17(14-10-6-2,15-11-7-3)16-12-8-4;2*8-7(9)6-4-2-1-3-5-6/h2*1-14,25-26H;2*5-16H2,1-4H3;2*1-5H,(H,8,9)/q;;2*+1;;/p-2. The lowest BCUT2D eigenvalue weighted by Gasteiger charge is -2.39. The molecule has 0 saturated carbocycles. The van der Waals surface area contributed by atoms with Crippen molar-refractivity contribution in [2.75, 3.05) is 73.6 Å². The van der Waals surface area contributed by atoms with Crippen molar-refractivity contribution in [2.24, 2.45) is 0 Å². The van der Waals surface area contributed by atoms with Crippen molar-refractivity contribution in [3.8, 4) is 0 Å². The van der Waals surface area contributed by atoms with Gasteiger partial charge in [-0.3, -0.25) is 19.2 Å². The van der Waals surface area contributed by atoms with Gasteiger partial charge in [-0.15, -0.1) is 0 Å². The molecule has 14 nitrogen and oxygen atoms in total. The Morgan fingerprint density at radius 3 is 0.602 bits per heavy atom. The highest BCUT2D eigenvalue weighted by Crippen LogP contribution is 2.34. The molecule has 0 aliphatic carbocycles. The normalized spacial score (nSPS) is 11.0. The van der Waals surface area contributed by atoms with Crippen molar-refractivity contribution in [1.29, 1.82) is 0 Å². The molecule has 0 amide bonds. The molecule has 0 heterocycles. The third-order valence-corrected chi connectivity index (χ3v) is 19.9. The van der Waals surface area contributed by atoms with E-state index < -0.39 is 33.7 Å². The first-order chi connectivity index (χ1) is 52.5. The highest BCUT2D eigenvalue weighted by atomic mass is 16.4. The second-order valence-electron chi connectivity index (χ2n) is 28.0. The average molecular weight is 1460 g/mol. The zero-order valence-corrected chi connectivity index (χ0v) is 65.1. The summed E-state index contributed by atoms with van der Waals surface area (Å²) in [5.74, 6) is -2.26. The fraction of sp³-hybridized carbons (Fsp3) is 0.340. The summed E-state index contributed by atoms with van der Waals surface area (Å²) >= 11 is 0. The van der Waals surface area contributed by atoms with Gasteiger partial charge in [0.25, 0.3) is 21.7 Å². The summed E-state index contributed by atoms with van der Waals surface area (Å²) in [6, 6.07) is 71.2. The maximum absolute atomic E-state index is 12.3. The summed E-state index contributed by atoms with van der Waals surface area (Å²) in [7, 11) is 0. The van der Waals surface area contributed by atoms with E-state index >= 15 is 0 Å². The Kier molecular flexibility index (Phi) is 35.5. The van der Waals surface area contributed by atoms with E-state index in [4.69, 9.17) is 0 Å².